The van der Waals surface area contributed by atoms with Crippen LogP contribution in [0.15, 0.2) is 0 Å². The number of urea groups is 1. The van der Waals surface area contributed by atoms with Crippen LogP contribution in [0.4, 0.5) is 4.79 Å². The average Bonchev–Trinajstić information content (AvgIpc) is 2.55. The van der Waals surface area contributed by atoms with Gasteiger partial charge in [0, 0.05) is 32.7 Å². The van der Waals surface area contributed by atoms with Crippen LogP contribution >= 0.6 is 0 Å². The fraction of sp³-hybridized carbons (Fsp3) is 0.950. The number of hydrogen-bond acceptors (Lipinski definition) is 3. The third-order valence-electron chi connectivity index (χ3n) is 5.72. The first-order valence-electron chi connectivity index (χ1n) is 10.5. The topological polar surface area (TPSA) is 47.6 Å². The third-order valence-corrected chi connectivity index (χ3v) is 5.72. The van der Waals surface area contributed by atoms with Crippen molar-refractivity contribution in [2.45, 2.75) is 52.9 Å². The van der Waals surface area contributed by atoms with Gasteiger partial charge in [-0.1, -0.05) is 20.8 Å². The van der Waals surface area contributed by atoms with E-state index >= 15 is 0 Å². The molecule has 2 amide bonds. The van der Waals surface area contributed by atoms with Crippen molar-refractivity contribution in [1.82, 2.24) is 20.4 Å². The second kappa shape index (κ2) is 11.0. The average molecular weight is 353 g/mol. The first-order valence-corrected chi connectivity index (χ1v) is 10.5. The minimum atomic E-state index is -0.00871. The number of rotatable bonds is 8. The first kappa shape index (κ1) is 20.5. The van der Waals surface area contributed by atoms with Gasteiger partial charge in [0.05, 0.1) is 0 Å². The molecule has 0 saturated carbocycles. The van der Waals surface area contributed by atoms with Crippen LogP contribution < -0.4 is 10.6 Å². The molecule has 2 rings (SSSR count). The molecule has 2 atom stereocenters. The molecule has 0 spiro atoms. The number of likely N-dealkylation sites (tertiary alicyclic amines) is 2. The second-order valence-electron chi connectivity index (χ2n) is 8.62. The van der Waals surface area contributed by atoms with Crippen molar-refractivity contribution in [2.24, 2.45) is 17.8 Å². The molecular formula is C20H40N4O. The highest BCUT2D eigenvalue weighted by molar-refractivity contribution is 5.73. The summed E-state index contributed by atoms with van der Waals surface area (Å²) in [4.78, 5) is 16.9. The number of carbonyl (C=O) groups excluding carboxylic acids is 1. The summed E-state index contributed by atoms with van der Waals surface area (Å²) in [6.07, 6.45) is 6.19. The number of hydrogen-bond donors (Lipinski definition) is 2. The number of nitrogens with zero attached hydrogens (tertiary/aromatic N) is 2. The maximum atomic E-state index is 11.8. The van der Waals surface area contributed by atoms with Crippen LogP contribution in [0.3, 0.4) is 0 Å². The summed E-state index contributed by atoms with van der Waals surface area (Å²) in [7, 11) is 0. The predicted molar refractivity (Wildman–Crippen MR) is 105 cm³/mol. The normalized spacial score (nSPS) is 26.5. The van der Waals surface area contributed by atoms with Gasteiger partial charge in [-0.25, -0.2) is 4.79 Å². The smallest absolute Gasteiger partial charge is 0.314 e. The second-order valence-corrected chi connectivity index (χ2v) is 8.62. The van der Waals surface area contributed by atoms with Gasteiger partial charge >= 0.3 is 6.03 Å². The Kier molecular flexibility index (Phi) is 9.04. The molecule has 0 radical (unpaired) electrons. The van der Waals surface area contributed by atoms with Crippen molar-refractivity contribution >= 4 is 6.03 Å². The lowest BCUT2D eigenvalue weighted by molar-refractivity contribution is 0.139. The monoisotopic (exact) mass is 352 g/mol. The van der Waals surface area contributed by atoms with Crippen LogP contribution in [0.25, 0.3) is 0 Å². The molecule has 2 aliphatic heterocycles. The molecule has 2 unspecified atom stereocenters. The van der Waals surface area contributed by atoms with E-state index in [9.17, 15) is 4.79 Å². The van der Waals surface area contributed by atoms with Gasteiger partial charge in [-0.05, 0) is 69.5 Å². The summed E-state index contributed by atoms with van der Waals surface area (Å²) in [6.45, 7) is 15.6. The van der Waals surface area contributed by atoms with Crippen LogP contribution in [-0.2, 0) is 0 Å². The Labute approximate surface area is 154 Å². The lowest BCUT2D eigenvalue weighted by Crippen LogP contribution is -2.42. The molecule has 2 N–H and O–H groups in total. The Morgan fingerprint density at radius 1 is 0.840 bits per heavy atom. The quantitative estimate of drug-likeness (QED) is 0.661. The van der Waals surface area contributed by atoms with Gasteiger partial charge in [0.15, 0.2) is 0 Å². The van der Waals surface area contributed by atoms with Crippen LogP contribution in [0.2, 0.25) is 0 Å². The number of amides is 2. The Bertz CT molecular complexity index is 372. The molecule has 2 fully saturated rings. The molecule has 146 valence electrons. The van der Waals surface area contributed by atoms with Crippen LogP contribution in [0.1, 0.15) is 52.9 Å². The molecule has 2 aliphatic rings. The van der Waals surface area contributed by atoms with E-state index in [-0.39, 0.29) is 6.03 Å². The number of carbonyl (C=O) groups is 1. The largest absolute Gasteiger partial charge is 0.338 e. The van der Waals surface area contributed by atoms with Crippen molar-refractivity contribution in [3.8, 4) is 0 Å². The minimum absolute atomic E-state index is 0.00871. The van der Waals surface area contributed by atoms with Gasteiger partial charge in [-0.3, -0.25) is 0 Å². The van der Waals surface area contributed by atoms with Gasteiger partial charge in [-0.15, -0.1) is 0 Å². The van der Waals surface area contributed by atoms with E-state index < -0.39 is 0 Å². The molecule has 2 heterocycles. The zero-order chi connectivity index (χ0) is 18.1. The molecule has 5 nitrogen and oxygen atoms in total. The standard InChI is InChI=1S/C20H40N4O/c1-17-6-11-23(12-7-17)13-9-22-20(25)21-8-4-5-10-24-15-18(2)14-19(3)16-24/h17-19H,4-16H2,1-3H3,(H2,21,22,25). The van der Waals surface area contributed by atoms with E-state index in [1.807, 2.05) is 0 Å². The number of piperidine rings is 2. The van der Waals surface area contributed by atoms with E-state index in [0.717, 1.165) is 43.8 Å². The lowest BCUT2D eigenvalue weighted by atomic mass is 9.92. The van der Waals surface area contributed by atoms with Gasteiger partial charge in [0.25, 0.3) is 0 Å². The van der Waals surface area contributed by atoms with Crippen molar-refractivity contribution in [1.29, 1.82) is 0 Å². The zero-order valence-corrected chi connectivity index (χ0v) is 16.7. The Balaban J connectivity index is 1.43. The maximum Gasteiger partial charge on any atom is 0.314 e. The Morgan fingerprint density at radius 3 is 2.16 bits per heavy atom. The fourth-order valence-electron chi connectivity index (χ4n) is 4.31. The SMILES string of the molecule is CC1CCN(CCNC(=O)NCCCCN2CC(C)CC(C)C2)CC1. The first-order chi connectivity index (χ1) is 12.0. The summed E-state index contributed by atoms with van der Waals surface area (Å²) < 4.78 is 0. The van der Waals surface area contributed by atoms with E-state index in [2.05, 4.69) is 41.2 Å². The van der Waals surface area contributed by atoms with Crippen LogP contribution in [-0.4, -0.2) is 68.2 Å². The molecule has 0 aromatic heterocycles. The van der Waals surface area contributed by atoms with Gasteiger partial charge in [0.1, 0.15) is 0 Å². The molecule has 0 bridgehead atoms. The van der Waals surface area contributed by atoms with Crippen molar-refractivity contribution in [2.75, 3.05) is 52.4 Å². The van der Waals surface area contributed by atoms with E-state index in [1.54, 1.807) is 0 Å². The lowest BCUT2D eigenvalue weighted by Gasteiger charge is -2.34. The summed E-state index contributed by atoms with van der Waals surface area (Å²) >= 11 is 0. The molecule has 25 heavy (non-hydrogen) atoms. The highest BCUT2D eigenvalue weighted by Gasteiger charge is 2.21. The summed E-state index contributed by atoms with van der Waals surface area (Å²) in [6, 6.07) is -0.00871. The summed E-state index contributed by atoms with van der Waals surface area (Å²) in [5.41, 5.74) is 0. The third kappa shape index (κ3) is 8.41. The van der Waals surface area contributed by atoms with Crippen molar-refractivity contribution in [3.05, 3.63) is 0 Å². The van der Waals surface area contributed by atoms with Crippen molar-refractivity contribution < 1.29 is 4.79 Å². The summed E-state index contributed by atoms with van der Waals surface area (Å²) in [5, 5.41) is 5.99. The maximum absolute atomic E-state index is 11.8. The Morgan fingerprint density at radius 2 is 1.48 bits per heavy atom. The van der Waals surface area contributed by atoms with E-state index in [4.69, 9.17) is 0 Å². The molecule has 0 aromatic carbocycles. The highest BCUT2D eigenvalue weighted by atomic mass is 16.2. The Hall–Kier alpha value is -0.810. The van der Waals surface area contributed by atoms with Gasteiger partial charge < -0.3 is 20.4 Å². The van der Waals surface area contributed by atoms with Crippen LogP contribution in [0.5, 0.6) is 0 Å². The van der Waals surface area contributed by atoms with E-state index in [1.165, 1.54) is 58.4 Å². The fourth-order valence-corrected chi connectivity index (χ4v) is 4.31. The minimum Gasteiger partial charge on any atom is -0.338 e. The molecule has 2 saturated heterocycles. The number of unbranched alkanes of at least 4 members (excludes halogenated alkanes) is 1. The van der Waals surface area contributed by atoms with Crippen LogP contribution in [0, 0.1) is 17.8 Å². The van der Waals surface area contributed by atoms with Gasteiger partial charge in [-0.2, -0.15) is 0 Å². The van der Waals surface area contributed by atoms with E-state index in [0.29, 0.717) is 0 Å². The van der Waals surface area contributed by atoms with Crippen molar-refractivity contribution in [3.63, 3.8) is 0 Å². The zero-order valence-electron chi connectivity index (χ0n) is 16.7. The highest BCUT2D eigenvalue weighted by Crippen LogP contribution is 2.21. The van der Waals surface area contributed by atoms with Gasteiger partial charge in [0.2, 0.25) is 0 Å². The molecule has 0 aromatic rings. The molecule has 0 aliphatic carbocycles. The molecular weight excluding hydrogens is 312 g/mol. The predicted octanol–water partition coefficient (Wildman–Crippen LogP) is 2.78. The summed E-state index contributed by atoms with van der Waals surface area (Å²) in [5.74, 6) is 2.52. The number of nitrogens with one attached hydrogen (secondary N) is 2. The molecule has 5 heteroatoms.